The molecule has 1 N–H and O–H groups in total. The van der Waals surface area contributed by atoms with Crippen molar-refractivity contribution in [3.63, 3.8) is 0 Å². The molecule has 1 unspecified atom stereocenters. The quantitative estimate of drug-likeness (QED) is 0.757. The van der Waals surface area contributed by atoms with E-state index in [1.54, 1.807) is 19.4 Å². The molecular formula is C12H19N3O2. The molecule has 1 aromatic heterocycles. The summed E-state index contributed by atoms with van der Waals surface area (Å²) in [6.07, 6.45) is 7.89. The van der Waals surface area contributed by atoms with Gasteiger partial charge in [-0.3, -0.25) is 9.59 Å². The molecule has 0 amide bonds. The monoisotopic (exact) mass is 237 g/mol. The van der Waals surface area contributed by atoms with Gasteiger partial charge in [0.1, 0.15) is 0 Å². The number of nitrogens with one attached hydrogen (secondary N) is 1. The van der Waals surface area contributed by atoms with Gasteiger partial charge in [-0.2, -0.15) is 0 Å². The van der Waals surface area contributed by atoms with Crippen LogP contribution in [0, 0.1) is 0 Å². The Bertz CT molecular complexity index is 483. The molecule has 5 nitrogen and oxygen atoms in total. The van der Waals surface area contributed by atoms with Crippen molar-refractivity contribution in [2.45, 2.75) is 38.3 Å². The highest BCUT2D eigenvalue weighted by Crippen LogP contribution is 2.10. The minimum atomic E-state index is -0.455. The van der Waals surface area contributed by atoms with E-state index in [-0.39, 0.29) is 0 Å². The lowest BCUT2D eigenvalue weighted by molar-refractivity contribution is 0.364. The number of piperidine rings is 1. The molecule has 0 bridgehead atoms. The molecule has 0 radical (unpaired) electrons. The predicted molar refractivity (Wildman–Crippen MR) is 66.2 cm³/mol. The van der Waals surface area contributed by atoms with Gasteiger partial charge in [0.25, 0.3) is 0 Å². The zero-order valence-electron chi connectivity index (χ0n) is 10.2. The fraction of sp³-hybridized carbons (Fsp3) is 0.667. The normalized spacial score (nSPS) is 20.4. The Balaban J connectivity index is 2.02. The van der Waals surface area contributed by atoms with Crippen LogP contribution < -0.4 is 16.4 Å². The maximum absolute atomic E-state index is 11.7. The number of rotatable bonds is 3. The Morgan fingerprint density at radius 3 is 2.82 bits per heavy atom. The standard InChI is InChI=1S/C12H19N3O2/c1-14-8-9-15(12(17)11(14)16)7-5-10-4-2-3-6-13-10/h8-10,13H,2-7H2,1H3. The zero-order chi connectivity index (χ0) is 12.3. The van der Waals surface area contributed by atoms with Gasteiger partial charge in [-0.15, -0.1) is 0 Å². The molecule has 0 aliphatic carbocycles. The van der Waals surface area contributed by atoms with Gasteiger partial charge in [-0.1, -0.05) is 6.42 Å². The topological polar surface area (TPSA) is 56.0 Å². The molecule has 1 fully saturated rings. The Morgan fingerprint density at radius 2 is 2.12 bits per heavy atom. The lowest BCUT2D eigenvalue weighted by atomic mass is 10.0. The van der Waals surface area contributed by atoms with Crippen LogP contribution in [-0.2, 0) is 13.6 Å². The fourth-order valence-electron chi connectivity index (χ4n) is 2.23. The van der Waals surface area contributed by atoms with E-state index in [0.29, 0.717) is 12.6 Å². The summed E-state index contributed by atoms with van der Waals surface area (Å²) in [6, 6.07) is 0.486. The molecule has 5 heteroatoms. The van der Waals surface area contributed by atoms with Crippen LogP contribution in [0.1, 0.15) is 25.7 Å². The number of hydrogen-bond donors (Lipinski definition) is 1. The molecule has 1 aromatic rings. The molecule has 0 spiro atoms. The third-order valence-corrected chi connectivity index (χ3v) is 3.37. The van der Waals surface area contributed by atoms with Gasteiger partial charge in [0.2, 0.25) is 0 Å². The lowest BCUT2D eigenvalue weighted by Gasteiger charge is -2.23. The van der Waals surface area contributed by atoms with Crippen LogP contribution in [0.3, 0.4) is 0 Å². The van der Waals surface area contributed by atoms with Crippen molar-refractivity contribution in [3.05, 3.63) is 33.1 Å². The summed E-state index contributed by atoms with van der Waals surface area (Å²) in [5.74, 6) is 0. The van der Waals surface area contributed by atoms with Crippen molar-refractivity contribution in [3.8, 4) is 0 Å². The summed E-state index contributed by atoms with van der Waals surface area (Å²) < 4.78 is 2.83. The first-order chi connectivity index (χ1) is 8.18. The van der Waals surface area contributed by atoms with Crippen LogP contribution >= 0.6 is 0 Å². The molecule has 0 saturated carbocycles. The molecule has 94 valence electrons. The van der Waals surface area contributed by atoms with Crippen LogP contribution in [0.25, 0.3) is 0 Å². The largest absolute Gasteiger partial charge is 0.316 e. The minimum absolute atomic E-state index is 0.425. The summed E-state index contributed by atoms with van der Waals surface area (Å²) in [7, 11) is 1.59. The summed E-state index contributed by atoms with van der Waals surface area (Å²) in [5.41, 5.74) is -0.880. The fourth-order valence-corrected chi connectivity index (χ4v) is 2.23. The van der Waals surface area contributed by atoms with E-state index in [0.717, 1.165) is 13.0 Å². The second-order valence-corrected chi connectivity index (χ2v) is 4.65. The molecule has 0 aromatic carbocycles. The van der Waals surface area contributed by atoms with Crippen LogP contribution in [0.2, 0.25) is 0 Å². The third-order valence-electron chi connectivity index (χ3n) is 3.37. The average molecular weight is 237 g/mol. The molecule has 2 heterocycles. The Morgan fingerprint density at radius 1 is 1.29 bits per heavy atom. The Kier molecular flexibility index (Phi) is 3.78. The van der Waals surface area contributed by atoms with Gasteiger partial charge in [0.05, 0.1) is 0 Å². The van der Waals surface area contributed by atoms with Crippen molar-refractivity contribution in [1.82, 2.24) is 14.5 Å². The molecule has 1 atom stereocenters. The number of hydrogen-bond acceptors (Lipinski definition) is 3. The number of aryl methyl sites for hydroxylation is 2. The predicted octanol–water partition coefficient (Wildman–Crippen LogP) is 0.0792. The van der Waals surface area contributed by atoms with E-state index in [4.69, 9.17) is 0 Å². The van der Waals surface area contributed by atoms with Gasteiger partial charge in [-0.25, -0.2) is 0 Å². The van der Waals surface area contributed by atoms with Gasteiger partial charge < -0.3 is 14.5 Å². The first-order valence-corrected chi connectivity index (χ1v) is 6.18. The zero-order valence-corrected chi connectivity index (χ0v) is 10.2. The summed E-state index contributed by atoms with van der Waals surface area (Å²) in [5, 5.41) is 3.44. The van der Waals surface area contributed by atoms with E-state index in [1.807, 2.05) is 0 Å². The maximum atomic E-state index is 11.7. The van der Waals surface area contributed by atoms with Crippen LogP contribution in [0.4, 0.5) is 0 Å². The highest BCUT2D eigenvalue weighted by atomic mass is 16.2. The van der Waals surface area contributed by atoms with Gasteiger partial charge in [-0.05, 0) is 25.8 Å². The Hall–Kier alpha value is -1.36. The number of aromatic nitrogens is 2. The van der Waals surface area contributed by atoms with Crippen LogP contribution in [0.15, 0.2) is 22.0 Å². The first kappa shape index (κ1) is 12.1. The average Bonchev–Trinajstić information content (AvgIpc) is 2.36. The van der Waals surface area contributed by atoms with Crippen molar-refractivity contribution >= 4 is 0 Å². The van der Waals surface area contributed by atoms with E-state index in [2.05, 4.69) is 5.32 Å². The summed E-state index contributed by atoms with van der Waals surface area (Å²) in [4.78, 5) is 23.1. The minimum Gasteiger partial charge on any atom is -0.314 e. The summed E-state index contributed by atoms with van der Waals surface area (Å²) >= 11 is 0. The SMILES string of the molecule is Cn1ccn(CCC2CCCCN2)c(=O)c1=O. The van der Waals surface area contributed by atoms with Crippen molar-refractivity contribution < 1.29 is 0 Å². The first-order valence-electron chi connectivity index (χ1n) is 6.18. The second kappa shape index (κ2) is 5.31. The van der Waals surface area contributed by atoms with Gasteiger partial charge in [0.15, 0.2) is 0 Å². The van der Waals surface area contributed by atoms with Crippen LogP contribution in [0.5, 0.6) is 0 Å². The Labute approximate surface area is 100 Å². The highest BCUT2D eigenvalue weighted by Gasteiger charge is 2.12. The molecule has 1 saturated heterocycles. The van der Waals surface area contributed by atoms with E-state index in [9.17, 15) is 9.59 Å². The highest BCUT2D eigenvalue weighted by molar-refractivity contribution is 4.85. The molecular weight excluding hydrogens is 218 g/mol. The van der Waals surface area contributed by atoms with E-state index >= 15 is 0 Å². The smallest absolute Gasteiger partial charge is 0.314 e. The number of nitrogens with zero attached hydrogens (tertiary/aromatic N) is 2. The van der Waals surface area contributed by atoms with Crippen LogP contribution in [-0.4, -0.2) is 21.7 Å². The maximum Gasteiger partial charge on any atom is 0.316 e. The molecule has 1 aliphatic heterocycles. The van der Waals surface area contributed by atoms with Gasteiger partial charge >= 0.3 is 11.1 Å². The van der Waals surface area contributed by atoms with Crippen molar-refractivity contribution in [1.29, 1.82) is 0 Å². The van der Waals surface area contributed by atoms with Crippen molar-refractivity contribution in [2.24, 2.45) is 7.05 Å². The second-order valence-electron chi connectivity index (χ2n) is 4.65. The lowest BCUT2D eigenvalue weighted by Crippen LogP contribution is -2.41. The van der Waals surface area contributed by atoms with E-state index < -0.39 is 11.1 Å². The molecule has 2 rings (SSSR count). The van der Waals surface area contributed by atoms with E-state index in [1.165, 1.54) is 28.4 Å². The molecule has 1 aliphatic rings. The van der Waals surface area contributed by atoms with Crippen molar-refractivity contribution in [2.75, 3.05) is 6.54 Å². The molecule has 17 heavy (non-hydrogen) atoms. The summed E-state index contributed by atoms with van der Waals surface area (Å²) in [6.45, 7) is 1.68. The van der Waals surface area contributed by atoms with Gasteiger partial charge in [0, 0.05) is 32.0 Å². The third kappa shape index (κ3) is 2.85.